The van der Waals surface area contributed by atoms with Crippen LogP contribution in [0, 0.1) is 5.82 Å². The number of ether oxygens (including phenoxy) is 1. The van der Waals surface area contributed by atoms with E-state index in [2.05, 4.69) is 10.3 Å². The zero-order valence-corrected chi connectivity index (χ0v) is 15.1. The van der Waals surface area contributed by atoms with E-state index in [1.165, 1.54) is 12.1 Å². The van der Waals surface area contributed by atoms with E-state index in [9.17, 15) is 9.18 Å². The van der Waals surface area contributed by atoms with Crippen LogP contribution < -0.4 is 5.32 Å². The van der Waals surface area contributed by atoms with Gasteiger partial charge in [-0.1, -0.05) is 60.7 Å². The maximum atomic E-state index is 13.5. The third-order valence-corrected chi connectivity index (χ3v) is 4.59. The number of hydrogen-bond acceptors (Lipinski definition) is 2. The van der Waals surface area contributed by atoms with Crippen molar-refractivity contribution >= 4 is 17.0 Å². The fourth-order valence-electron chi connectivity index (χ4n) is 3.23. The highest BCUT2D eigenvalue weighted by Crippen LogP contribution is 2.29. The van der Waals surface area contributed by atoms with Gasteiger partial charge in [0.1, 0.15) is 12.4 Å². The lowest BCUT2D eigenvalue weighted by atomic mass is 9.98. The molecule has 1 aromatic heterocycles. The number of halogens is 1. The van der Waals surface area contributed by atoms with Gasteiger partial charge in [-0.05, 0) is 29.3 Å². The number of aromatic amines is 1. The Morgan fingerprint density at radius 1 is 1.00 bits per heavy atom. The van der Waals surface area contributed by atoms with Crippen LogP contribution in [0.5, 0.6) is 0 Å². The molecule has 0 fully saturated rings. The number of fused-ring (bicyclic) bond motifs is 1. The fourth-order valence-corrected chi connectivity index (χ4v) is 3.23. The van der Waals surface area contributed by atoms with Gasteiger partial charge in [-0.25, -0.2) is 9.18 Å². The summed E-state index contributed by atoms with van der Waals surface area (Å²) in [5, 5.41) is 3.78. The second-order valence-corrected chi connectivity index (χ2v) is 6.48. The Labute approximate surface area is 162 Å². The van der Waals surface area contributed by atoms with E-state index in [4.69, 9.17) is 4.74 Å². The summed E-state index contributed by atoms with van der Waals surface area (Å²) in [6.45, 7) is 0.188. The summed E-state index contributed by atoms with van der Waals surface area (Å²) in [6, 6.07) is 23.2. The molecule has 5 heteroatoms. The molecule has 1 amide bonds. The zero-order valence-electron chi connectivity index (χ0n) is 15.1. The quantitative estimate of drug-likeness (QED) is 0.496. The molecule has 0 bridgehead atoms. The van der Waals surface area contributed by atoms with Crippen LogP contribution in [0.4, 0.5) is 9.18 Å². The number of rotatable bonds is 5. The Balaban J connectivity index is 1.60. The molecule has 1 heterocycles. The van der Waals surface area contributed by atoms with E-state index in [1.54, 1.807) is 12.3 Å². The van der Waals surface area contributed by atoms with Gasteiger partial charge in [0.05, 0.1) is 6.04 Å². The number of carbonyl (C=O) groups excluding carboxylic acids is 1. The highest BCUT2D eigenvalue weighted by molar-refractivity contribution is 5.85. The molecule has 0 saturated heterocycles. The summed E-state index contributed by atoms with van der Waals surface area (Å²) in [7, 11) is 0. The van der Waals surface area contributed by atoms with Crippen LogP contribution in [0.25, 0.3) is 10.9 Å². The van der Waals surface area contributed by atoms with E-state index in [1.807, 2.05) is 60.7 Å². The first-order chi connectivity index (χ1) is 13.7. The maximum Gasteiger partial charge on any atom is 0.408 e. The Kier molecular flexibility index (Phi) is 5.06. The third kappa shape index (κ3) is 3.88. The molecule has 4 nitrogen and oxygen atoms in total. The van der Waals surface area contributed by atoms with Gasteiger partial charge in [-0.15, -0.1) is 0 Å². The van der Waals surface area contributed by atoms with Crippen molar-refractivity contribution in [1.29, 1.82) is 0 Å². The van der Waals surface area contributed by atoms with Crippen LogP contribution in [-0.4, -0.2) is 11.1 Å². The van der Waals surface area contributed by atoms with Crippen molar-refractivity contribution in [2.75, 3.05) is 0 Å². The normalized spacial score (nSPS) is 11.9. The zero-order chi connectivity index (χ0) is 19.3. The van der Waals surface area contributed by atoms with Gasteiger partial charge in [-0.2, -0.15) is 0 Å². The predicted octanol–water partition coefficient (Wildman–Crippen LogP) is 5.32. The second kappa shape index (κ2) is 7.96. The summed E-state index contributed by atoms with van der Waals surface area (Å²) >= 11 is 0. The summed E-state index contributed by atoms with van der Waals surface area (Å²) in [6.07, 6.45) is 1.27. The number of nitrogens with one attached hydrogen (secondary N) is 2. The monoisotopic (exact) mass is 374 g/mol. The number of carbonyl (C=O) groups is 1. The van der Waals surface area contributed by atoms with Gasteiger partial charge >= 0.3 is 6.09 Å². The van der Waals surface area contributed by atoms with Crippen LogP contribution in [0.1, 0.15) is 22.7 Å². The van der Waals surface area contributed by atoms with Crippen LogP contribution in [0.3, 0.4) is 0 Å². The largest absolute Gasteiger partial charge is 0.445 e. The molecule has 2 N–H and O–H groups in total. The van der Waals surface area contributed by atoms with Gasteiger partial charge < -0.3 is 15.0 Å². The van der Waals surface area contributed by atoms with Crippen molar-refractivity contribution in [3.8, 4) is 0 Å². The van der Waals surface area contributed by atoms with Crippen LogP contribution >= 0.6 is 0 Å². The Bertz CT molecular complexity index is 1080. The SMILES string of the molecule is O=C(NC(c1ccccc1)c1c[nH]c2cc(F)ccc12)OCc1ccccc1. The van der Waals surface area contributed by atoms with E-state index >= 15 is 0 Å². The molecule has 0 aliphatic rings. The average molecular weight is 374 g/mol. The first kappa shape index (κ1) is 17.8. The highest BCUT2D eigenvalue weighted by Gasteiger charge is 2.21. The van der Waals surface area contributed by atoms with Crippen molar-refractivity contribution in [2.45, 2.75) is 12.6 Å². The van der Waals surface area contributed by atoms with Crippen molar-refractivity contribution in [1.82, 2.24) is 10.3 Å². The third-order valence-electron chi connectivity index (χ3n) is 4.59. The molecule has 4 aromatic rings. The fraction of sp³-hybridized carbons (Fsp3) is 0.0870. The van der Waals surface area contributed by atoms with Crippen LogP contribution in [-0.2, 0) is 11.3 Å². The van der Waals surface area contributed by atoms with Crippen molar-refractivity contribution in [3.63, 3.8) is 0 Å². The molecule has 3 aromatic carbocycles. The molecule has 4 rings (SSSR count). The molecular weight excluding hydrogens is 355 g/mol. The maximum absolute atomic E-state index is 13.5. The molecule has 0 saturated carbocycles. The standard InChI is InChI=1S/C23H19FN2O2/c24-18-11-12-19-20(14-25-21(19)13-18)22(17-9-5-2-6-10-17)26-23(27)28-15-16-7-3-1-4-8-16/h1-14,22,25H,15H2,(H,26,27). The smallest absolute Gasteiger partial charge is 0.408 e. The average Bonchev–Trinajstić information content (AvgIpc) is 3.14. The minimum absolute atomic E-state index is 0.188. The minimum atomic E-state index is -0.519. The number of amides is 1. The van der Waals surface area contributed by atoms with E-state index < -0.39 is 12.1 Å². The molecular formula is C23H19FN2O2. The summed E-state index contributed by atoms with van der Waals surface area (Å²) in [4.78, 5) is 15.6. The molecule has 0 radical (unpaired) electrons. The second-order valence-electron chi connectivity index (χ2n) is 6.48. The Hall–Kier alpha value is -3.60. The predicted molar refractivity (Wildman–Crippen MR) is 106 cm³/mol. The van der Waals surface area contributed by atoms with Gasteiger partial charge in [0.2, 0.25) is 0 Å². The molecule has 0 aliphatic heterocycles. The van der Waals surface area contributed by atoms with Crippen LogP contribution in [0.15, 0.2) is 85.1 Å². The van der Waals surface area contributed by atoms with Crippen molar-refractivity contribution < 1.29 is 13.9 Å². The molecule has 140 valence electrons. The van der Waals surface area contributed by atoms with Crippen LogP contribution in [0.2, 0.25) is 0 Å². The van der Waals surface area contributed by atoms with Gasteiger partial charge in [0.25, 0.3) is 0 Å². The van der Waals surface area contributed by atoms with E-state index in [-0.39, 0.29) is 12.4 Å². The summed E-state index contributed by atoms with van der Waals surface area (Å²) < 4.78 is 18.9. The topological polar surface area (TPSA) is 54.1 Å². The molecule has 0 aliphatic carbocycles. The molecule has 28 heavy (non-hydrogen) atoms. The highest BCUT2D eigenvalue weighted by atomic mass is 19.1. The molecule has 1 atom stereocenters. The summed E-state index contributed by atoms with van der Waals surface area (Å²) in [5.41, 5.74) is 3.34. The van der Waals surface area contributed by atoms with Crippen molar-refractivity contribution in [3.05, 3.63) is 108 Å². The first-order valence-electron chi connectivity index (χ1n) is 8.99. The summed E-state index contributed by atoms with van der Waals surface area (Å²) in [5.74, 6) is -0.313. The number of aromatic nitrogens is 1. The lowest BCUT2D eigenvalue weighted by Gasteiger charge is -2.19. The Morgan fingerprint density at radius 3 is 2.46 bits per heavy atom. The van der Waals surface area contributed by atoms with E-state index in [0.29, 0.717) is 5.52 Å². The lowest BCUT2D eigenvalue weighted by molar-refractivity contribution is 0.137. The molecule has 0 spiro atoms. The lowest BCUT2D eigenvalue weighted by Crippen LogP contribution is -2.29. The number of benzene rings is 3. The first-order valence-corrected chi connectivity index (χ1v) is 8.99. The minimum Gasteiger partial charge on any atom is -0.445 e. The molecule has 1 unspecified atom stereocenters. The van der Waals surface area contributed by atoms with Crippen molar-refractivity contribution in [2.24, 2.45) is 0 Å². The number of alkyl carbamates (subject to hydrolysis) is 1. The van der Waals surface area contributed by atoms with Gasteiger partial charge in [0, 0.05) is 22.7 Å². The Morgan fingerprint density at radius 2 is 1.71 bits per heavy atom. The van der Waals surface area contributed by atoms with E-state index in [0.717, 1.165) is 22.1 Å². The number of hydrogen-bond donors (Lipinski definition) is 2. The van der Waals surface area contributed by atoms with Gasteiger partial charge in [0.15, 0.2) is 0 Å². The van der Waals surface area contributed by atoms with Gasteiger partial charge in [-0.3, -0.25) is 0 Å². The number of H-pyrrole nitrogens is 1.